The number of carbonyl (C=O) groups is 2. The molecule has 1 heterocycles. The van der Waals surface area contributed by atoms with Crippen LogP contribution in [-0.4, -0.2) is 49.6 Å². The van der Waals surface area contributed by atoms with Crippen molar-refractivity contribution in [2.45, 2.75) is 31.6 Å². The van der Waals surface area contributed by atoms with E-state index in [2.05, 4.69) is 40.5 Å². The number of nitrogens with two attached hydrogens (primary N) is 1. The number of piperazine rings is 1. The van der Waals surface area contributed by atoms with Crippen LogP contribution < -0.4 is 16.0 Å². The highest BCUT2D eigenvalue weighted by Crippen LogP contribution is 2.35. The summed E-state index contributed by atoms with van der Waals surface area (Å²) in [7, 11) is 0. The first-order valence-corrected chi connectivity index (χ1v) is 11.3. The average Bonchev–Trinajstić information content (AvgIpc) is 2.83. The largest absolute Gasteiger partial charge is 0.368 e. The number of anilines is 1. The Labute approximate surface area is 184 Å². The lowest BCUT2D eigenvalue weighted by Gasteiger charge is -2.36. The number of primary amides is 1. The average molecular weight is 421 g/mol. The van der Waals surface area contributed by atoms with E-state index < -0.39 is 5.91 Å². The van der Waals surface area contributed by atoms with E-state index in [1.165, 1.54) is 31.2 Å². The Morgan fingerprint density at radius 1 is 0.871 bits per heavy atom. The second-order valence-corrected chi connectivity index (χ2v) is 8.70. The number of nitrogens with one attached hydrogen (secondary N) is 1. The molecule has 0 bridgehead atoms. The molecule has 3 N–H and O–H groups in total. The van der Waals surface area contributed by atoms with Gasteiger partial charge in [-0.05, 0) is 67.3 Å². The number of amides is 3. The summed E-state index contributed by atoms with van der Waals surface area (Å²) in [5.74, 6) is 0.828. The molecular weight excluding hydrogens is 388 g/mol. The van der Waals surface area contributed by atoms with Gasteiger partial charge >= 0.3 is 6.03 Å². The smallest absolute Gasteiger partial charge is 0.317 e. The molecule has 0 aromatic heterocycles. The molecule has 1 aliphatic carbocycles. The zero-order valence-corrected chi connectivity index (χ0v) is 18.0. The third-order valence-corrected chi connectivity index (χ3v) is 6.74. The minimum atomic E-state index is -0.415. The minimum absolute atomic E-state index is 0.0499. The summed E-state index contributed by atoms with van der Waals surface area (Å²) in [5, 5.41) is 3.17. The number of urea groups is 1. The van der Waals surface area contributed by atoms with E-state index in [4.69, 9.17) is 5.73 Å². The molecule has 0 atom stereocenters. The summed E-state index contributed by atoms with van der Waals surface area (Å²) in [5.41, 5.74) is 8.33. The van der Waals surface area contributed by atoms with Crippen LogP contribution in [0.15, 0.2) is 54.6 Å². The summed E-state index contributed by atoms with van der Waals surface area (Å²) >= 11 is 0. The molecule has 1 saturated carbocycles. The number of rotatable bonds is 5. The van der Waals surface area contributed by atoms with Gasteiger partial charge in [0.25, 0.3) is 0 Å². The van der Waals surface area contributed by atoms with Crippen LogP contribution in [0.5, 0.6) is 0 Å². The molecule has 2 fully saturated rings. The van der Waals surface area contributed by atoms with Crippen molar-refractivity contribution in [2.75, 3.05) is 37.6 Å². The van der Waals surface area contributed by atoms with Crippen molar-refractivity contribution >= 4 is 17.6 Å². The van der Waals surface area contributed by atoms with Crippen molar-refractivity contribution in [1.29, 1.82) is 0 Å². The molecule has 6 heteroatoms. The molecule has 2 aliphatic rings. The van der Waals surface area contributed by atoms with Crippen LogP contribution in [0.3, 0.4) is 0 Å². The van der Waals surface area contributed by atoms with Gasteiger partial charge in [0.1, 0.15) is 0 Å². The predicted octanol–water partition coefficient (Wildman–Crippen LogP) is 3.59. The van der Waals surface area contributed by atoms with Gasteiger partial charge in [0, 0.05) is 44.0 Å². The number of hydrogen-bond donors (Lipinski definition) is 2. The Morgan fingerprint density at radius 2 is 1.52 bits per heavy atom. The van der Waals surface area contributed by atoms with Crippen molar-refractivity contribution in [1.82, 2.24) is 10.2 Å². The first-order chi connectivity index (χ1) is 15.1. The maximum Gasteiger partial charge on any atom is 0.317 e. The van der Waals surface area contributed by atoms with Gasteiger partial charge in [-0.1, -0.05) is 30.3 Å². The Hall–Kier alpha value is -3.02. The summed E-state index contributed by atoms with van der Waals surface area (Å²) < 4.78 is 0. The van der Waals surface area contributed by atoms with E-state index in [0.29, 0.717) is 30.5 Å². The lowest BCUT2D eigenvalue weighted by Crippen LogP contribution is -2.52. The van der Waals surface area contributed by atoms with Crippen LogP contribution in [-0.2, 0) is 0 Å². The molecule has 6 nitrogen and oxygen atoms in total. The topological polar surface area (TPSA) is 78.7 Å². The standard InChI is InChI=1S/C25H32N4O2/c26-24(30)22-10-12-23(13-11-22)28-14-16-29(17-15-28)25(31)27-18-19-6-8-21(9-7-19)20-4-2-1-3-5-20/h1-5,10-13,19,21H,6-9,14-18H2,(H2,26,30)(H,27,31). The van der Waals surface area contributed by atoms with Gasteiger partial charge in [0.05, 0.1) is 0 Å². The Bertz CT molecular complexity index is 868. The predicted molar refractivity (Wildman–Crippen MR) is 123 cm³/mol. The van der Waals surface area contributed by atoms with Gasteiger partial charge in [-0.2, -0.15) is 0 Å². The normalized spacial score (nSPS) is 21.5. The van der Waals surface area contributed by atoms with Crippen molar-refractivity contribution in [3.63, 3.8) is 0 Å². The molecule has 31 heavy (non-hydrogen) atoms. The highest BCUT2D eigenvalue weighted by atomic mass is 16.2. The van der Waals surface area contributed by atoms with Crippen molar-refractivity contribution in [3.8, 4) is 0 Å². The van der Waals surface area contributed by atoms with Gasteiger partial charge in [-0.15, -0.1) is 0 Å². The molecule has 164 valence electrons. The highest BCUT2D eigenvalue weighted by molar-refractivity contribution is 5.93. The van der Waals surface area contributed by atoms with E-state index >= 15 is 0 Å². The van der Waals surface area contributed by atoms with Crippen molar-refractivity contribution < 1.29 is 9.59 Å². The van der Waals surface area contributed by atoms with Gasteiger partial charge in [-0.25, -0.2) is 4.79 Å². The highest BCUT2D eigenvalue weighted by Gasteiger charge is 2.25. The van der Waals surface area contributed by atoms with Crippen LogP contribution in [0.4, 0.5) is 10.5 Å². The molecule has 3 amide bonds. The fourth-order valence-electron chi connectivity index (χ4n) is 4.77. The SMILES string of the molecule is NC(=O)c1ccc(N2CCN(C(=O)NCC3CCC(c4ccccc4)CC3)CC2)cc1. The summed E-state index contributed by atoms with van der Waals surface area (Å²) in [6.07, 6.45) is 4.76. The first kappa shape index (κ1) is 21.2. The van der Waals surface area contributed by atoms with E-state index in [9.17, 15) is 9.59 Å². The lowest BCUT2D eigenvalue weighted by molar-refractivity contribution is 0.1000. The number of nitrogens with zero attached hydrogens (tertiary/aromatic N) is 2. The van der Waals surface area contributed by atoms with E-state index in [-0.39, 0.29) is 6.03 Å². The van der Waals surface area contributed by atoms with Crippen molar-refractivity contribution in [2.24, 2.45) is 11.7 Å². The summed E-state index contributed by atoms with van der Waals surface area (Å²) in [6, 6.07) is 18.2. The van der Waals surface area contributed by atoms with Gasteiger partial charge in [0.15, 0.2) is 0 Å². The third kappa shape index (κ3) is 5.37. The minimum Gasteiger partial charge on any atom is -0.368 e. The maximum atomic E-state index is 12.6. The van der Waals surface area contributed by atoms with Gasteiger partial charge in [0.2, 0.25) is 5.91 Å². The van der Waals surface area contributed by atoms with Crippen molar-refractivity contribution in [3.05, 3.63) is 65.7 Å². The zero-order valence-electron chi connectivity index (χ0n) is 18.0. The molecule has 2 aromatic rings. The van der Waals surface area contributed by atoms with E-state index in [0.717, 1.165) is 25.3 Å². The Balaban J connectivity index is 1.18. The quantitative estimate of drug-likeness (QED) is 0.776. The monoisotopic (exact) mass is 420 g/mol. The first-order valence-electron chi connectivity index (χ1n) is 11.3. The number of benzene rings is 2. The van der Waals surface area contributed by atoms with E-state index in [1.807, 2.05) is 17.0 Å². The van der Waals surface area contributed by atoms with Crippen LogP contribution in [0.1, 0.15) is 47.5 Å². The van der Waals surface area contributed by atoms with Crippen LogP contribution in [0.25, 0.3) is 0 Å². The third-order valence-electron chi connectivity index (χ3n) is 6.74. The molecule has 0 unspecified atom stereocenters. The van der Waals surface area contributed by atoms with Crippen LogP contribution in [0.2, 0.25) is 0 Å². The molecule has 0 radical (unpaired) electrons. The second kappa shape index (κ2) is 9.86. The Morgan fingerprint density at radius 3 is 2.13 bits per heavy atom. The second-order valence-electron chi connectivity index (χ2n) is 8.70. The van der Waals surface area contributed by atoms with Gasteiger partial charge < -0.3 is 20.9 Å². The molecule has 0 spiro atoms. The summed E-state index contributed by atoms with van der Waals surface area (Å²) in [6.45, 7) is 3.74. The maximum absolute atomic E-state index is 12.6. The number of carbonyl (C=O) groups excluding carboxylic acids is 2. The molecular formula is C25H32N4O2. The fourth-order valence-corrected chi connectivity index (χ4v) is 4.77. The molecule has 1 aliphatic heterocycles. The van der Waals surface area contributed by atoms with Crippen LogP contribution >= 0.6 is 0 Å². The van der Waals surface area contributed by atoms with E-state index in [1.54, 1.807) is 12.1 Å². The molecule has 1 saturated heterocycles. The molecule has 2 aromatic carbocycles. The van der Waals surface area contributed by atoms with Crippen LogP contribution in [0, 0.1) is 5.92 Å². The lowest BCUT2D eigenvalue weighted by atomic mass is 9.79. The summed E-state index contributed by atoms with van der Waals surface area (Å²) in [4.78, 5) is 28.0. The van der Waals surface area contributed by atoms with Gasteiger partial charge in [-0.3, -0.25) is 4.79 Å². The Kier molecular flexibility index (Phi) is 6.75. The molecule has 4 rings (SSSR count). The fraction of sp³-hybridized carbons (Fsp3) is 0.440. The zero-order chi connectivity index (χ0) is 21.6. The number of hydrogen-bond acceptors (Lipinski definition) is 3.